The highest BCUT2D eigenvalue weighted by atomic mass is 79.9. The van der Waals surface area contributed by atoms with Gasteiger partial charge in [0.15, 0.2) is 0 Å². The van der Waals surface area contributed by atoms with Gasteiger partial charge in [0, 0.05) is 14.8 Å². The first-order valence-corrected chi connectivity index (χ1v) is 8.51. The zero-order chi connectivity index (χ0) is 13.7. The van der Waals surface area contributed by atoms with Gasteiger partial charge < -0.3 is 0 Å². The van der Waals surface area contributed by atoms with Gasteiger partial charge in [0.2, 0.25) is 0 Å². The first-order chi connectivity index (χ1) is 9.17. The summed E-state index contributed by atoms with van der Waals surface area (Å²) < 4.78 is 1.13. The van der Waals surface area contributed by atoms with Gasteiger partial charge in [-0.2, -0.15) is 0 Å². The molecular weight excluding hydrogens is 387 g/mol. The maximum absolute atomic E-state index is 5.91. The molecule has 0 aromatic heterocycles. The van der Waals surface area contributed by atoms with Crippen molar-refractivity contribution in [3.05, 3.63) is 69.2 Å². The summed E-state index contributed by atoms with van der Waals surface area (Å²) in [5.41, 5.74) is 2.72. The van der Waals surface area contributed by atoms with Gasteiger partial charge >= 0.3 is 0 Å². The molecule has 0 fully saturated rings. The van der Waals surface area contributed by atoms with Crippen molar-refractivity contribution >= 4 is 43.5 Å². The normalized spacial score (nSPS) is 12.4. The van der Waals surface area contributed by atoms with Crippen LogP contribution in [0.5, 0.6) is 0 Å². The van der Waals surface area contributed by atoms with Crippen LogP contribution < -0.4 is 0 Å². The summed E-state index contributed by atoms with van der Waals surface area (Å²) in [6.45, 7) is 0. The minimum Gasteiger partial charge on any atom is -0.0925 e. The molecule has 0 aliphatic carbocycles. The quantitative estimate of drug-likeness (QED) is 0.546. The predicted octanol–water partition coefficient (Wildman–Crippen LogP) is 5.90. The van der Waals surface area contributed by atoms with Gasteiger partial charge in [0.25, 0.3) is 0 Å². The first kappa shape index (κ1) is 15.1. The van der Waals surface area contributed by atoms with Crippen LogP contribution in [0.4, 0.5) is 0 Å². The number of benzene rings is 2. The monoisotopic (exact) mass is 400 g/mol. The Labute approximate surface area is 136 Å². The second-order valence-corrected chi connectivity index (χ2v) is 6.68. The highest BCUT2D eigenvalue weighted by molar-refractivity contribution is 9.10. The van der Waals surface area contributed by atoms with E-state index in [1.54, 1.807) is 0 Å². The second kappa shape index (κ2) is 7.47. The first-order valence-electron chi connectivity index (χ1n) is 6.22. The molecule has 1 atom stereocenters. The molecule has 100 valence electrons. The molecule has 1 unspecified atom stereocenters. The average molecular weight is 403 g/mol. The van der Waals surface area contributed by atoms with E-state index < -0.39 is 0 Å². The molecule has 0 aliphatic rings. The molecule has 0 radical (unpaired) electrons. The number of halogens is 3. The summed E-state index contributed by atoms with van der Waals surface area (Å²) in [4.78, 5) is 0. The van der Waals surface area contributed by atoms with Crippen LogP contribution in [0.3, 0.4) is 0 Å². The molecule has 2 aromatic carbocycles. The SMILES string of the molecule is Clc1ccc(CC(CBr)Cc2ccc(Br)cc2)cc1. The molecule has 19 heavy (non-hydrogen) atoms. The molecular formula is C16H15Br2Cl. The molecule has 0 N–H and O–H groups in total. The fraction of sp³-hybridized carbons (Fsp3) is 0.250. The largest absolute Gasteiger partial charge is 0.0925 e. The predicted molar refractivity (Wildman–Crippen MR) is 90.3 cm³/mol. The van der Waals surface area contributed by atoms with E-state index in [4.69, 9.17) is 11.6 Å². The maximum atomic E-state index is 5.91. The number of hydrogen-bond donors (Lipinski definition) is 0. The van der Waals surface area contributed by atoms with Gasteiger partial charge in [0.1, 0.15) is 0 Å². The van der Waals surface area contributed by atoms with Crippen molar-refractivity contribution < 1.29 is 0 Å². The molecule has 0 aliphatic heterocycles. The van der Waals surface area contributed by atoms with Crippen molar-refractivity contribution in [3.8, 4) is 0 Å². The van der Waals surface area contributed by atoms with E-state index in [2.05, 4.69) is 68.3 Å². The van der Waals surface area contributed by atoms with Crippen LogP contribution in [0, 0.1) is 5.92 Å². The number of alkyl halides is 1. The molecule has 0 saturated carbocycles. The fourth-order valence-electron chi connectivity index (χ4n) is 2.09. The van der Waals surface area contributed by atoms with E-state index in [0.717, 1.165) is 27.7 Å². The van der Waals surface area contributed by atoms with E-state index in [1.807, 2.05) is 12.1 Å². The smallest absolute Gasteiger partial charge is 0.0406 e. The molecule has 0 nitrogen and oxygen atoms in total. The van der Waals surface area contributed by atoms with Crippen molar-refractivity contribution in [1.82, 2.24) is 0 Å². The Hall–Kier alpha value is -0.310. The van der Waals surface area contributed by atoms with E-state index in [1.165, 1.54) is 11.1 Å². The van der Waals surface area contributed by atoms with Gasteiger partial charge in [-0.1, -0.05) is 67.7 Å². The summed E-state index contributed by atoms with van der Waals surface area (Å²) in [6, 6.07) is 16.7. The Morgan fingerprint density at radius 1 is 0.842 bits per heavy atom. The van der Waals surface area contributed by atoms with Crippen molar-refractivity contribution in [1.29, 1.82) is 0 Å². The average Bonchev–Trinajstić information content (AvgIpc) is 2.43. The zero-order valence-electron chi connectivity index (χ0n) is 10.5. The number of hydrogen-bond acceptors (Lipinski definition) is 0. The maximum Gasteiger partial charge on any atom is 0.0406 e. The van der Waals surface area contributed by atoms with Crippen molar-refractivity contribution in [3.63, 3.8) is 0 Å². The van der Waals surface area contributed by atoms with Crippen molar-refractivity contribution in [2.24, 2.45) is 5.92 Å². The summed E-state index contributed by atoms with van der Waals surface area (Å²) in [6.07, 6.45) is 2.15. The highest BCUT2D eigenvalue weighted by Crippen LogP contribution is 2.20. The summed E-state index contributed by atoms with van der Waals surface area (Å²) >= 11 is 13.0. The van der Waals surface area contributed by atoms with Crippen LogP contribution >= 0.6 is 43.5 Å². The minimum absolute atomic E-state index is 0.599. The second-order valence-electron chi connectivity index (χ2n) is 4.68. The van der Waals surface area contributed by atoms with Gasteiger partial charge in [0.05, 0.1) is 0 Å². The molecule has 0 spiro atoms. The summed E-state index contributed by atoms with van der Waals surface area (Å²) in [5, 5.41) is 1.80. The Kier molecular flexibility index (Phi) is 5.93. The molecule has 0 saturated heterocycles. The Morgan fingerprint density at radius 3 is 1.79 bits per heavy atom. The lowest BCUT2D eigenvalue weighted by Crippen LogP contribution is -2.09. The fourth-order valence-corrected chi connectivity index (χ4v) is 2.94. The zero-order valence-corrected chi connectivity index (χ0v) is 14.4. The number of rotatable bonds is 5. The van der Waals surface area contributed by atoms with Gasteiger partial charge in [-0.05, 0) is 54.2 Å². The van der Waals surface area contributed by atoms with Crippen molar-refractivity contribution in [2.75, 3.05) is 5.33 Å². The highest BCUT2D eigenvalue weighted by Gasteiger charge is 2.09. The Balaban J connectivity index is 2.00. The van der Waals surface area contributed by atoms with Gasteiger partial charge in [-0.15, -0.1) is 0 Å². The minimum atomic E-state index is 0.599. The van der Waals surface area contributed by atoms with Gasteiger partial charge in [-0.25, -0.2) is 0 Å². The van der Waals surface area contributed by atoms with Crippen LogP contribution in [0.2, 0.25) is 5.02 Å². The molecule has 0 heterocycles. The van der Waals surface area contributed by atoms with E-state index in [-0.39, 0.29) is 0 Å². The topological polar surface area (TPSA) is 0 Å². The third-order valence-corrected chi connectivity index (χ3v) is 4.79. The van der Waals surface area contributed by atoms with Crippen LogP contribution in [-0.2, 0) is 12.8 Å². The van der Waals surface area contributed by atoms with E-state index >= 15 is 0 Å². The lowest BCUT2D eigenvalue weighted by molar-refractivity contribution is 0.591. The Bertz CT molecular complexity index is 458. The van der Waals surface area contributed by atoms with E-state index in [0.29, 0.717) is 5.92 Å². The molecule has 3 heteroatoms. The van der Waals surface area contributed by atoms with E-state index in [9.17, 15) is 0 Å². The van der Waals surface area contributed by atoms with Crippen molar-refractivity contribution in [2.45, 2.75) is 12.8 Å². The molecule has 0 amide bonds. The Morgan fingerprint density at radius 2 is 1.32 bits per heavy atom. The van der Waals surface area contributed by atoms with Crippen LogP contribution in [0.25, 0.3) is 0 Å². The van der Waals surface area contributed by atoms with Crippen LogP contribution in [0.15, 0.2) is 53.0 Å². The van der Waals surface area contributed by atoms with Crippen LogP contribution in [0.1, 0.15) is 11.1 Å². The summed E-state index contributed by atoms with van der Waals surface area (Å²) in [5.74, 6) is 0.599. The third-order valence-electron chi connectivity index (χ3n) is 3.09. The molecule has 0 bridgehead atoms. The molecule has 2 aromatic rings. The standard InChI is InChI=1S/C16H15Br2Cl/c17-11-14(9-12-1-5-15(18)6-2-12)10-13-3-7-16(19)8-4-13/h1-8,14H,9-11H2. The van der Waals surface area contributed by atoms with Crippen LogP contribution in [-0.4, -0.2) is 5.33 Å². The lowest BCUT2D eigenvalue weighted by atomic mass is 9.94. The van der Waals surface area contributed by atoms with Gasteiger partial charge in [-0.3, -0.25) is 0 Å². The third kappa shape index (κ3) is 4.94. The summed E-state index contributed by atoms with van der Waals surface area (Å²) in [7, 11) is 0. The molecule has 2 rings (SSSR count). The lowest BCUT2D eigenvalue weighted by Gasteiger charge is -2.14.